The SMILES string of the molecule is CN(CCOC1CCC(CC2SC(=O)NC2=O)CC1)C1NC(C2CCCCC2)NC(Cl)C1C1CCCCC1. The highest BCUT2D eigenvalue weighted by Crippen LogP contribution is 2.39. The Kier molecular flexibility index (Phi) is 10.7. The molecule has 5 aliphatic rings. The molecule has 0 spiro atoms. The van der Waals surface area contributed by atoms with Gasteiger partial charge >= 0.3 is 0 Å². The molecule has 5 rings (SSSR count). The number of nitrogens with zero attached hydrogens (tertiary/aromatic N) is 1. The molecule has 0 aromatic rings. The number of carbonyl (C=O) groups excluding carboxylic acids is 2. The summed E-state index contributed by atoms with van der Waals surface area (Å²) in [4.78, 5) is 25.9. The maximum Gasteiger partial charge on any atom is 0.286 e. The van der Waals surface area contributed by atoms with Crippen molar-refractivity contribution in [2.24, 2.45) is 23.7 Å². The third kappa shape index (κ3) is 7.47. The van der Waals surface area contributed by atoms with Gasteiger partial charge in [0.1, 0.15) is 0 Å². The van der Waals surface area contributed by atoms with E-state index < -0.39 is 0 Å². The minimum Gasteiger partial charge on any atom is -0.377 e. The Morgan fingerprint density at radius 3 is 2.18 bits per heavy atom. The average Bonchev–Trinajstić information content (AvgIpc) is 3.26. The van der Waals surface area contributed by atoms with Crippen LogP contribution in [-0.2, 0) is 9.53 Å². The smallest absolute Gasteiger partial charge is 0.286 e. The fraction of sp³-hybridized carbons (Fsp3) is 0.931. The van der Waals surface area contributed by atoms with Gasteiger partial charge in [-0.05, 0) is 82.6 Å². The first kappa shape index (κ1) is 29.1. The molecular formula is C29H49ClN4O3S. The molecule has 3 saturated carbocycles. The second-order valence-electron chi connectivity index (χ2n) is 12.6. The Balaban J connectivity index is 1.10. The van der Waals surface area contributed by atoms with Crippen molar-refractivity contribution in [1.82, 2.24) is 20.9 Å². The monoisotopic (exact) mass is 568 g/mol. The van der Waals surface area contributed by atoms with Gasteiger partial charge in [0.2, 0.25) is 5.91 Å². The predicted octanol–water partition coefficient (Wildman–Crippen LogP) is 5.42. The third-order valence-electron chi connectivity index (χ3n) is 10.1. The summed E-state index contributed by atoms with van der Waals surface area (Å²) in [5.41, 5.74) is 0.0188. The molecule has 216 valence electrons. The molecule has 5 unspecified atom stereocenters. The zero-order valence-corrected chi connectivity index (χ0v) is 24.7. The van der Waals surface area contributed by atoms with Gasteiger partial charge in [-0.1, -0.05) is 50.3 Å². The molecule has 0 aromatic carbocycles. The topological polar surface area (TPSA) is 82.7 Å². The highest BCUT2D eigenvalue weighted by atomic mass is 35.5. The summed E-state index contributed by atoms with van der Waals surface area (Å²) < 4.78 is 6.39. The van der Waals surface area contributed by atoms with Crippen molar-refractivity contribution < 1.29 is 14.3 Å². The number of alkyl halides is 1. The van der Waals surface area contributed by atoms with Crippen molar-refractivity contribution in [2.45, 2.75) is 125 Å². The number of imide groups is 1. The summed E-state index contributed by atoms with van der Waals surface area (Å²) in [7, 11) is 2.26. The van der Waals surface area contributed by atoms with Crippen LogP contribution in [0.3, 0.4) is 0 Å². The zero-order chi connectivity index (χ0) is 26.5. The summed E-state index contributed by atoms with van der Waals surface area (Å²) in [6.07, 6.45) is 19.2. The number of rotatable bonds is 9. The molecule has 3 N–H and O–H groups in total. The molecule has 2 amide bonds. The van der Waals surface area contributed by atoms with Gasteiger partial charge in [0.15, 0.2) is 0 Å². The molecule has 2 saturated heterocycles. The molecule has 0 aromatic heterocycles. The molecule has 5 atom stereocenters. The fourth-order valence-corrected chi connectivity index (χ4v) is 9.28. The lowest BCUT2D eigenvalue weighted by Gasteiger charge is -2.51. The molecule has 9 heteroatoms. The summed E-state index contributed by atoms with van der Waals surface area (Å²) in [5.74, 6) is 2.17. The van der Waals surface area contributed by atoms with Gasteiger partial charge in [-0.2, -0.15) is 0 Å². The first-order chi connectivity index (χ1) is 18.5. The lowest BCUT2D eigenvalue weighted by molar-refractivity contribution is -0.119. The van der Waals surface area contributed by atoms with E-state index in [0.717, 1.165) is 57.0 Å². The quantitative estimate of drug-likeness (QED) is 0.253. The number of hydrogen-bond donors (Lipinski definition) is 3. The lowest BCUT2D eigenvalue weighted by Crippen LogP contribution is -2.69. The van der Waals surface area contributed by atoms with Gasteiger partial charge in [-0.15, -0.1) is 11.6 Å². The van der Waals surface area contributed by atoms with Crippen LogP contribution in [0.1, 0.15) is 96.3 Å². The van der Waals surface area contributed by atoms with E-state index >= 15 is 0 Å². The second kappa shape index (κ2) is 14.0. The fourth-order valence-electron chi connectivity index (χ4n) is 7.85. The van der Waals surface area contributed by atoms with Crippen LogP contribution in [0.5, 0.6) is 0 Å². The van der Waals surface area contributed by atoms with Crippen LogP contribution in [0.25, 0.3) is 0 Å². The number of carbonyl (C=O) groups is 2. The van der Waals surface area contributed by atoms with E-state index in [1.807, 2.05) is 0 Å². The first-order valence-electron chi connectivity index (χ1n) is 15.5. The zero-order valence-electron chi connectivity index (χ0n) is 23.2. The minimum absolute atomic E-state index is 0.0188. The highest BCUT2D eigenvalue weighted by molar-refractivity contribution is 8.15. The van der Waals surface area contributed by atoms with Crippen LogP contribution in [-0.4, -0.2) is 65.4 Å². The number of nitrogens with one attached hydrogen (secondary N) is 3. The number of thioether (sulfide) groups is 1. The van der Waals surface area contributed by atoms with Gasteiger partial charge in [0, 0.05) is 12.5 Å². The first-order valence-corrected chi connectivity index (χ1v) is 16.8. The standard InChI is InChI=1S/C29H49ClN4O3S/c1-34(16-17-37-22-14-12-19(13-15-22)18-23-28(35)33-29(36)38-23)27-24(20-8-4-2-5-9-20)25(30)31-26(32-27)21-10-6-3-7-11-21/h19-27,31-32H,2-18H2,1H3,(H,33,35,36). The van der Waals surface area contributed by atoms with Crippen LogP contribution in [0, 0.1) is 23.7 Å². The van der Waals surface area contributed by atoms with Crippen molar-refractivity contribution in [3.8, 4) is 0 Å². The van der Waals surface area contributed by atoms with E-state index in [0.29, 0.717) is 35.9 Å². The molecular weight excluding hydrogens is 520 g/mol. The minimum atomic E-state index is -0.198. The van der Waals surface area contributed by atoms with Crippen molar-refractivity contribution in [3.63, 3.8) is 0 Å². The van der Waals surface area contributed by atoms with Gasteiger partial charge in [-0.3, -0.25) is 30.4 Å². The van der Waals surface area contributed by atoms with E-state index in [9.17, 15) is 9.59 Å². The average molecular weight is 569 g/mol. The Labute approximate surface area is 238 Å². The van der Waals surface area contributed by atoms with Crippen molar-refractivity contribution in [2.75, 3.05) is 20.2 Å². The lowest BCUT2D eigenvalue weighted by atomic mass is 9.76. The molecule has 7 nitrogen and oxygen atoms in total. The number of halogens is 1. The van der Waals surface area contributed by atoms with E-state index in [2.05, 4.69) is 27.9 Å². The molecule has 38 heavy (non-hydrogen) atoms. The number of likely N-dealkylation sites (N-methyl/N-ethyl adjacent to an activating group) is 1. The summed E-state index contributed by atoms with van der Waals surface area (Å²) in [6, 6.07) is 0. The Morgan fingerprint density at radius 1 is 0.895 bits per heavy atom. The van der Waals surface area contributed by atoms with Crippen LogP contribution in [0.15, 0.2) is 0 Å². The van der Waals surface area contributed by atoms with Crippen molar-refractivity contribution in [1.29, 1.82) is 0 Å². The van der Waals surface area contributed by atoms with Gasteiger partial charge in [0.05, 0.1) is 35.8 Å². The summed E-state index contributed by atoms with van der Waals surface area (Å²) >= 11 is 8.32. The Morgan fingerprint density at radius 2 is 1.55 bits per heavy atom. The maximum atomic E-state index is 11.9. The molecule has 3 aliphatic carbocycles. The molecule has 2 aliphatic heterocycles. The number of amides is 2. The van der Waals surface area contributed by atoms with Gasteiger partial charge in [-0.25, -0.2) is 0 Å². The number of ether oxygens (including phenoxy) is 1. The van der Waals surface area contributed by atoms with E-state index in [1.54, 1.807) is 0 Å². The largest absolute Gasteiger partial charge is 0.377 e. The maximum absolute atomic E-state index is 11.9. The van der Waals surface area contributed by atoms with E-state index in [1.165, 1.54) is 64.2 Å². The van der Waals surface area contributed by atoms with Crippen molar-refractivity contribution in [3.05, 3.63) is 0 Å². The van der Waals surface area contributed by atoms with E-state index in [4.69, 9.17) is 16.3 Å². The van der Waals surface area contributed by atoms with Gasteiger partial charge < -0.3 is 4.74 Å². The third-order valence-corrected chi connectivity index (χ3v) is 11.5. The number of hydrogen-bond acceptors (Lipinski definition) is 7. The van der Waals surface area contributed by atoms with Crippen molar-refractivity contribution >= 4 is 34.5 Å². The molecule has 2 heterocycles. The molecule has 0 bridgehead atoms. The predicted molar refractivity (Wildman–Crippen MR) is 154 cm³/mol. The Hall–Kier alpha value is -0.380. The van der Waals surface area contributed by atoms with Gasteiger partial charge in [0.25, 0.3) is 5.24 Å². The molecule has 0 radical (unpaired) electrons. The second-order valence-corrected chi connectivity index (χ2v) is 14.3. The van der Waals surface area contributed by atoms with Crippen LogP contribution in [0.2, 0.25) is 0 Å². The van der Waals surface area contributed by atoms with Crippen LogP contribution >= 0.6 is 23.4 Å². The van der Waals surface area contributed by atoms with Crippen LogP contribution < -0.4 is 16.0 Å². The van der Waals surface area contributed by atoms with Crippen LogP contribution in [0.4, 0.5) is 4.79 Å². The van der Waals surface area contributed by atoms with E-state index in [-0.39, 0.29) is 28.1 Å². The highest BCUT2D eigenvalue weighted by Gasteiger charge is 2.44. The normalized spacial score (nSPS) is 38.0. The summed E-state index contributed by atoms with van der Waals surface area (Å²) in [6.45, 7) is 1.65. The summed E-state index contributed by atoms with van der Waals surface area (Å²) in [5, 5.41) is 9.89. The molecule has 5 fully saturated rings. The Bertz CT molecular complexity index is 786.